The summed E-state index contributed by atoms with van der Waals surface area (Å²) in [5.74, 6) is -1.16. The van der Waals surface area contributed by atoms with Crippen molar-refractivity contribution >= 4 is 17.6 Å². The van der Waals surface area contributed by atoms with Gasteiger partial charge in [-0.15, -0.1) is 0 Å². The molecule has 1 atom stereocenters. The van der Waals surface area contributed by atoms with Crippen molar-refractivity contribution in [2.75, 3.05) is 26.6 Å². The molecule has 0 spiro atoms. The van der Waals surface area contributed by atoms with E-state index in [2.05, 4.69) is 5.32 Å². The third kappa shape index (κ3) is 3.51. The lowest BCUT2D eigenvalue weighted by molar-refractivity contribution is -0.116. The molecule has 2 aromatic carbocycles. The number of carboxylic acids is 1. The number of fused-ring (bicyclic) bond motifs is 1. The summed E-state index contributed by atoms with van der Waals surface area (Å²) in [6, 6.07) is 9.03. The monoisotopic (exact) mass is 440 g/mol. The summed E-state index contributed by atoms with van der Waals surface area (Å²) in [5.41, 5.74) is 1.84. The molecular formula is C23H21FN2O6. The second-order valence-corrected chi connectivity index (χ2v) is 7.21. The van der Waals surface area contributed by atoms with Crippen LogP contribution in [0.4, 0.5) is 10.1 Å². The van der Waals surface area contributed by atoms with Crippen LogP contribution in [0.5, 0.6) is 17.2 Å². The van der Waals surface area contributed by atoms with E-state index in [1.165, 1.54) is 39.7 Å². The first kappa shape index (κ1) is 21.2. The van der Waals surface area contributed by atoms with Crippen LogP contribution in [0.2, 0.25) is 0 Å². The Labute approximate surface area is 183 Å². The minimum absolute atomic E-state index is 0.0448. The summed E-state index contributed by atoms with van der Waals surface area (Å²) in [6.07, 6.45) is 1.47. The Morgan fingerprint density at radius 3 is 2.28 bits per heavy atom. The van der Waals surface area contributed by atoms with E-state index in [9.17, 15) is 19.1 Å². The molecule has 4 rings (SSSR count). The van der Waals surface area contributed by atoms with Gasteiger partial charge in [-0.3, -0.25) is 4.79 Å². The number of carbonyl (C=O) groups is 2. The molecule has 166 valence electrons. The summed E-state index contributed by atoms with van der Waals surface area (Å²) >= 11 is 0. The van der Waals surface area contributed by atoms with Crippen LogP contribution >= 0.6 is 0 Å². The molecule has 1 aromatic heterocycles. The number of aromatic nitrogens is 1. The second kappa shape index (κ2) is 8.26. The fraction of sp³-hybridized carbons (Fsp3) is 0.217. The van der Waals surface area contributed by atoms with Gasteiger partial charge in [-0.05, 0) is 30.3 Å². The zero-order valence-electron chi connectivity index (χ0n) is 17.6. The highest BCUT2D eigenvalue weighted by atomic mass is 19.1. The normalized spacial score (nSPS) is 15.0. The molecule has 1 aliphatic rings. The first-order valence-corrected chi connectivity index (χ1v) is 9.72. The zero-order chi connectivity index (χ0) is 23.0. The Hall–Kier alpha value is -4.01. The third-order valence-electron chi connectivity index (χ3n) is 5.47. The molecule has 0 saturated carbocycles. The van der Waals surface area contributed by atoms with Gasteiger partial charge in [0, 0.05) is 35.9 Å². The van der Waals surface area contributed by atoms with Gasteiger partial charge in [0.15, 0.2) is 11.5 Å². The molecule has 0 aliphatic carbocycles. The van der Waals surface area contributed by atoms with Gasteiger partial charge in [-0.25, -0.2) is 9.18 Å². The van der Waals surface area contributed by atoms with Crippen molar-refractivity contribution in [1.29, 1.82) is 0 Å². The van der Waals surface area contributed by atoms with Gasteiger partial charge in [-0.2, -0.15) is 0 Å². The summed E-state index contributed by atoms with van der Waals surface area (Å²) in [7, 11) is 4.50. The van der Waals surface area contributed by atoms with Gasteiger partial charge in [-0.1, -0.05) is 0 Å². The quantitative estimate of drug-likeness (QED) is 0.605. The number of nitrogens with one attached hydrogen (secondary N) is 1. The van der Waals surface area contributed by atoms with Crippen LogP contribution in [0.25, 0.3) is 5.69 Å². The lowest BCUT2D eigenvalue weighted by atomic mass is 9.87. The van der Waals surface area contributed by atoms with Crippen molar-refractivity contribution in [3.8, 4) is 22.9 Å². The lowest BCUT2D eigenvalue weighted by Gasteiger charge is -2.28. The van der Waals surface area contributed by atoms with E-state index in [1.54, 1.807) is 28.8 Å². The number of hydrogen-bond donors (Lipinski definition) is 2. The molecule has 2 heterocycles. The van der Waals surface area contributed by atoms with E-state index in [1.807, 2.05) is 0 Å². The summed E-state index contributed by atoms with van der Waals surface area (Å²) in [4.78, 5) is 24.5. The molecule has 32 heavy (non-hydrogen) atoms. The van der Waals surface area contributed by atoms with Crippen LogP contribution < -0.4 is 19.5 Å². The SMILES string of the molecule is COc1cc(OC)c([C@H]2CC(=O)Nc3c(C(=O)O)cn(-c4ccc(F)cc4)c32)cc1OC. The molecule has 1 aliphatic heterocycles. The standard InChI is InChI=1S/C23H21FN2O6/c1-30-17-10-19(32-3)18(31-2)8-14(17)15-9-20(27)25-21-16(23(28)29)11-26(22(15)21)13-6-4-12(24)5-7-13/h4-8,10-11,15H,9H2,1-3H3,(H,25,27)(H,28,29)/t15-/m1/s1. The van der Waals surface area contributed by atoms with Crippen LogP contribution in [0.15, 0.2) is 42.6 Å². The molecule has 0 unspecified atom stereocenters. The molecule has 1 amide bonds. The van der Waals surface area contributed by atoms with Gasteiger partial charge >= 0.3 is 5.97 Å². The summed E-state index contributed by atoms with van der Waals surface area (Å²) < 4.78 is 31.5. The van der Waals surface area contributed by atoms with Crippen LogP contribution in [0.3, 0.4) is 0 Å². The molecule has 0 bridgehead atoms. The number of carbonyl (C=O) groups excluding carboxylic acids is 1. The molecule has 2 N–H and O–H groups in total. The van der Waals surface area contributed by atoms with E-state index in [-0.39, 0.29) is 23.6 Å². The van der Waals surface area contributed by atoms with E-state index in [4.69, 9.17) is 14.2 Å². The Balaban J connectivity index is 2.00. The van der Waals surface area contributed by atoms with Crippen molar-refractivity contribution in [3.05, 3.63) is 65.2 Å². The van der Waals surface area contributed by atoms with Gasteiger partial charge in [0.05, 0.1) is 32.7 Å². The number of ether oxygens (including phenoxy) is 3. The van der Waals surface area contributed by atoms with Crippen molar-refractivity contribution in [3.63, 3.8) is 0 Å². The van der Waals surface area contributed by atoms with E-state index < -0.39 is 17.7 Å². The fourth-order valence-corrected chi connectivity index (χ4v) is 4.03. The number of anilines is 1. The number of nitrogens with zero attached hydrogens (tertiary/aromatic N) is 1. The number of hydrogen-bond acceptors (Lipinski definition) is 5. The average molecular weight is 440 g/mol. The first-order valence-electron chi connectivity index (χ1n) is 9.72. The molecule has 3 aromatic rings. The molecule has 8 nitrogen and oxygen atoms in total. The lowest BCUT2D eigenvalue weighted by Crippen LogP contribution is -2.26. The zero-order valence-corrected chi connectivity index (χ0v) is 17.6. The summed E-state index contributed by atoms with van der Waals surface area (Å²) in [6.45, 7) is 0. The molecule has 9 heteroatoms. The van der Waals surface area contributed by atoms with Crippen molar-refractivity contribution < 1.29 is 33.3 Å². The van der Waals surface area contributed by atoms with Crippen molar-refractivity contribution in [1.82, 2.24) is 4.57 Å². The minimum Gasteiger partial charge on any atom is -0.496 e. The highest BCUT2D eigenvalue weighted by Gasteiger charge is 2.36. The van der Waals surface area contributed by atoms with Crippen LogP contribution in [0, 0.1) is 5.82 Å². The number of halogens is 1. The highest BCUT2D eigenvalue weighted by Crippen LogP contribution is 2.47. The van der Waals surface area contributed by atoms with Gasteiger partial charge in [0.2, 0.25) is 5.91 Å². The number of amides is 1. The summed E-state index contributed by atoms with van der Waals surface area (Å²) in [5, 5.41) is 12.4. The van der Waals surface area contributed by atoms with Crippen molar-refractivity contribution in [2.45, 2.75) is 12.3 Å². The molecule has 0 radical (unpaired) electrons. The Morgan fingerprint density at radius 1 is 1.06 bits per heavy atom. The number of methoxy groups -OCH3 is 3. The first-order chi connectivity index (χ1) is 15.4. The predicted octanol–water partition coefficient (Wildman–Crippen LogP) is 3.81. The van der Waals surface area contributed by atoms with E-state index >= 15 is 0 Å². The minimum atomic E-state index is -1.19. The Morgan fingerprint density at radius 2 is 1.69 bits per heavy atom. The Bertz CT molecular complexity index is 1200. The topological polar surface area (TPSA) is 99.0 Å². The van der Waals surface area contributed by atoms with E-state index in [0.29, 0.717) is 34.2 Å². The van der Waals surface area contributed by atoms with E-state index in [0.717, 1.165) is 0 Å². The maximum absolute atomic E-state index is 13.5. The number of carboxylic acid groups (broad SMARTS) is 1. The Kier molecular flexibility index (Phi) is 5.48. The molecule has 0 fully saturated rings. The van der Waals surface area contributed by atoms with Crippen LogP contribution in [-0.4, -0.2) is 42.9 Å². The fourth-order valence-electron chi connectivity index (χ4n) is 4.03. The average Bonchev–Trinajstić information content (AvgIpc) is 3.17. The molecule has 0 saturated heterocycles. The van der Waals surface area contributed by atoms with Gasteiger partial charge in [0.25, 0.3) is 0 Å². The smallest absolute Gasteiger partial charge is 0.339 e. The maximum Gasteiger partial charge on any atom is 0.339 e. The third-order valence-corrected chi connectivity index (χ3v) is 5.47. The van der Waals surface area contributed by atoms with Crippen LogP contribution in [0.1, 0.15) is 34.0 Å². The highest BCUT2D eigenvalue weighted by molar-refractivity contribution is 6.04. The number of rotatable bonds is 6. The number of benzene rings is 2. The maximum atomic E-state index is 13.5. The van der Waals surface area contributed by atoms with Crippen LogP contribution in [-0.2, 0) is 4.79 Å². The predicted molar refractivity (Wildman–Crippen MR) is 114 cm³/mol. The number of aromatic carboxylic acids is 1. The second-order valence-electron chi connectivity index (χ2n) is 7.21. The molecular weight excluding hydrogens is 419 g/mol. The van der Waals surface area contributed by atoms with Gasteiger partial charge < -0.3 is 29.2 Å². The van der Waals surface area contributed by atoms with Gasteiger partial charge in [0.1, 0.15) is 17.1 Å². The largest absolute Gasteiger partial charge is 0.496 e. The van der Waals surface area contributed by atoms with Crippen molar-refractivity contribution in [2.24, 2.45) is 0 Å².